The third-order valence-corrected chi connectivity index (χ3v) is 3.05. The fourth-order valence-corrected chi connectivity index (χ4v) is 2.17. The van der Waals surface area contributed by atoms with Crippen LogP contribution in [0.5, 0.6) is 0 Å². The van der Waals surface area contributed by atoms with Crippen molar-refractivity contribution in [1.82, 2.24) is 5.32 Å². The maximum Gasteiger partial charge on any atom is 0.0584 e. The molecule has 0 aromatic carbocycles. The molecule has 0 bridgehead atoms. The molecule has 0 fully saturated rings. The number of allylic oxidation sites excluding steroid dienone is 2. The van der Waals surface area contributed by atoms with Gasteiger partial charge in [-0.1, -0.05) is 26.0 Å². The van der Waals surface area contributed by atoms with Crippen molar-refractivity contribution in [2.45, 2.75) is 45.6 Å². The molecule has 0 unspecified atom stereocenters. The molecule has 2 nitrogen and oxygen atoms in total. The third kappa shape index (κ3) is 5.33. The molecule has 2 heteroatoms. The fourth-order valence-electron chi connectivity index (χ4n) is 2.17. The van der Waals surface area contributed by atoms with Gasteiger partial charge in [0.2, 0.25) is 0 Å². The number of aliphatic hydroxyl groups is 1. The van der Waals surface area contributed by atoms with E-state index in [0.717, 1.165) is 18.9 Å². The average molecular weight is 211 g/mol. The van der Waals surface area contributed by atoms with Crippen molar-refractivity contribution in [3.63, 3.8) is 0 Å². The zero-order valence-corrected chi connectivity index (χ0v) is 10.1. The van der Waals surface area contributed by atoms with Gasteiger partial charge in [-0.05, 0) is 44.1 Å². The monoisotopic (exact) mass is 211 g/mol. The second-order valence-electron chi connectivity index (χ2n) is 5.07. The Bertz CT molecular complexity index is 189. The van der Waals surface area contributed by atoms with Crippen LogP contribution in [0, 0.1) is 11.8 Å². The largest absolute Gasteiger partial charge is 0.395 e. The smallest absolute Gasteiger partial charge is 0.0584 e. The zero-order valence-electron chi connectivity index (χ0n) is 10.1. The Labute approximate surface area is 93.8 Å². The Balaban J connectivity index is 2.18. The van der Waals surface area contributed by atoms with Crippen LogP contribution in [0.15, 0.2) is 12.2 Å². The van der Waals surface area contributed by atoms with E-state index >= 15 is 0 Å². The molecular weight excluding hydrogens is 186 g/mol. The van der Waals surface area contributed by atoms with Gasteiger partial charge >= 0.3 is 0 Å². The Kier molecular flexibility index (Phi) is 5.96. The summed E-state index contributed by atoms with van der Waals surface area (Å²) in [5.41, 5.74) is 0. The highest BCUT2D eigenvalue weighted by Gasteiger charge is 2.13. The normalized spacial score (nSPS) is 23.3. The molecule has 2 atom stereocenters. The van der Waals surface area contributed by atoms with Crippen LogP contribution in [0.1, 0.15) is 39.5 Å². The molecule has 2 N–H and O–H groups in total. The highest BCUT2D eigenvalue weighted by molar-refractivity contribution is 4.90. The predicted molar refractivity (Wildman–Crippen MR) is 64.8 cm³/mol. The highest BCUT2D eigenvalue weighted by Crippen LogP contribution is 2.17. The molecular formula is C13H25NO. The van der Waals surface area contributed by atoms with E-state index < -0.39 is 0 Å². The first-order valence-electron chi connectivity index (χ1n) is 6.21. The van der Waals surface area contributed by atoms with Crippen LogP contribution in [0.2, 0.25) is 0 Å². The zero-order chi connectivity index (χ0) is 11.1. The van der Waals surface area contributed by atoms with Gasteiger partial charge < -0.3 is 10.4 Å². The summed E-state index contributed by atoms with van der Waals surface area (Å²) in [6, 6.07) is 0.288. The Hall–Kier alpha value is -0.340. The van der Waals surface area contributed by atoms with Crippen LogP contribution in [0.3, 0.4) is 0 Å². The van der Waals surface area contributed by atoms with Crippen molar-refractivity contribution < 1.29 is 5.11 Å². The minimum atomic E-state index is 0.265. The van der Waals surface area contributed by atoms with Gasteiger partial charge in [0, 0.05) is 6.04 Å². The summed E-state index contributed by atoms with van der Waals surface area (Å²) in [6.45, 7) is 5.73. The summed E-state index contributed by atoms with van der Waals surface area (Å²) in [4.78, 5) is 0. The molecule has 1 aliphatic rings. The number of hydrogen-bond donors (Lipinski definition) is 2. The fraction of sp³-hybridized carbons (Fsp3) is 0.846. The summed E-state index contributed by atoms with van der Waals surface area (Å²) in [5, 5.41) is 12.7. The van der Waals surface area contributed by atoms with Crippen LogP contribution < -0.4 is 5.32 Å². The highest BCUT2D eigenvalue weighted by atomic mass is 16.3. The quantitative estimate of drug-likeness (QED) is 0.661. The van der Waals surface area contributed by atoms with Crippen LogP contribution in [0.4, 0.5) is 0 Å². The SMILES string of the molecule is CC(C)C[C@@H](CO)NC[C@H]1CC=CCC1. The molecule has 0 spiro atoms. The minimum Gasteiger partial charge on any atom is -0.395 e. The van der Waals surface area contributed by atoms with Gasteiger partial charge in [0.15, 0.2) is 0 Å². The van der Waals surface area contributed by atoms with Crippen LogP contribution in [-0.2, 0) is 0 Å². The van der Waals surface area contributed by atoms with E-state index in [1.54, 1.807) is 0 Å². The molecule has 0 aliphatic heterocycles. The van der Waals surface area contributed by atoms with Gasteiger partial charge in [-0.3, -0.25) is 0 Å². The van der Waals surface area contributed by atoms with Crippen molar-refractivity contribution in [1.29, 1.82) is 0 Å². The lowest BCUT2D eigenvalue weighted by Crippen LogP contribution is -2.37. The van der Waals surface area contributed by atoms with Gasteiger partial charge in [-0.2, -0.15) is 0 Å². The van der Waals surface area contributed by atoms with Crippen molar-refractivity contribution in [3.8, 4) is 0 Å². The number of nitrogens with one attached hydrogen (secondary N) is 1. The first-order chi connectivity index (χ1) is 7.22. The second kappa shape index (κ2) is 7.02. The van der Waals surface area contributed by atoms with Gasteiger partial charge in [-0.15, -0.1) is 0 Å². The van der Waals surface area contributed by atoms with Crippen LogP contribution in [0.25, 0.3) is 0 Å². The molecule has 1 aliphatic carbocycles. The van der Waals surface area contributed by atoms with Crippen LogP contribution >= 0.6 is 0 Å². The van der Waals surface area contributed by atoms with E-state index in [4.69, 9.17) is 0 Å². The van der Waals surface area contributed by atoms with Crippen molar-refractivity contribution in [2.75, 3.05) is 13.2 Å². The molecule has 0 radical (unpaired) electrons. The van der Waals surface area contributed by atoms with E-state index in [0.29, 0.717) is 5.92 Å². The number of rotatable bonds is 6. The van der Waals surface area contributed by atoms with Gasteiger partial charge in [-0.25, -0.2) is 0 Å². The molecule has 0 saturated heterocycles. The Morgan fingerprint density at radius 1 is 1.40 bits per heavy atom. The molecule has 0 aromatic heterocycles. The summed E-state index contributed by atoms with van der Waals surface area (Å²) in [6.07, 6.45) is 9.34. The Morgan fingerprint density at radius 2 is 2.20 bits per heavy atom. The molecule has 0 amide bonds. The number of hydrogen-bond acceptors (Lipinski definition) is 2. The van der Waals surface area contributed by atoms with Gasteiger partial charge in [0.25, 0.3) is 0 Å². The summed E-state index contributed by atoms with van der Waals surface area (Å²) < 4.78 is 0. The summed E-state index contributed by atoms with van der Waals surface area (Å²) in [5.74, 6) is 1.43. The standard InChI is InChI=1S/C13H25NO/c1-11(2)8-13(10-15)14-9-12-6-4-3-5-7-12/h3-4,11-15H,5-10H2,1-2H3/t12-,13-/m0/s1. The van der Waals surface area contributed by atoms with E-state index in [2.05, 4.69) is 31.3 Å². The molecule has 0 saturated carbocycles. The third-order valence-electron chi connectivity index (χ3n) is 3.05. The topological polar surface area (TPSA) is 32.3 Å². The van der Waals surface area contributed by atoms with Gasteiger partial charge in [0.05, 0.1) is 6.61 Å². The van der Waals surface area contributed by atoms with E-state index in [1.165, 1.54) is 19.3 Å². The van der Waals surface area contributed by atoms with Crippen LogP contribution in [-0.4, -0.2) is 24.3 Å². The first kappa shape index (κ1) is 12.7. The molecule has 0 heterocycles. The second-order valence-corrected chi connectivity index (χ2v) is 5.07. The maximum atomic E-state index is 9.23. The van der Waals surface area contributed by atoms with Gasteiger partial charge in [0.1, 0.15) is 0 Å². The first-order valence-corrected chi connectivity index (χ1v) is 6.21. The number of aliphatic hydroxyl groups excluding tert-OH is 1. The van der Waals surface area contributed by atoms with Crippen molar-refractivity contribution in [2.24, 2.45) is 11.8 Å². The van der Waals surface area contributed by atoms with E-state index in [9.17, 15) is 5.11 Å². The molecule has 1 rings (SSSR count). The maximum absolute atomic E-state index is 9.23. The Morgan fingerprint density at radius 3 is 2.73 bits per heavy atom. The average Bonchev–Trinajstić information content (AvgIpc) is 2.25. The summed E-state index contributed by atoms with van der Waals surface area (Å²) >= 11 is 0. The predicted octanol–water partition coefficient (Wildman–Crippen LogP) is 2.34. The summed E-state index contributed by atoms with van der Waals surface area (Å²) in [7, 11) is 0. The molecule has 15 heavy (non-hydrogen) atoms. The van der Waals surface area contributed by atoms with Crippen molar-refractivity contribution in [3.05, 3.63) is 12.2 Å². The van der Waals surface area contributed by atoms with E-state index in [-0.39, 0.29) is 12.6 Å². The lowest BCUT2D eigenvalue weighted by atomic mass is 9.94. The lowest BCUT2D eigenvalue weighted by Gasteiger charge is -2.23. The minimum absolute atomic E-state index is 0.265. The molecule has 88 valence electrons. The lowest BCUT2D eigenvalue weighted by molar-refractivity contribution is 0.217. The molecule has 0 aromatic rings. The van der Waals surface area contributed by atoms with E-state index in [1.807, 2.05) is 0 Å². The van der Waals surface area contributed by atoms with Crippen molar-refractivity contribution >= 4 is 0 Å².